The molecule has 1 unspecified atom stereocenters. The van der Waals surface area contributed by atoms with Crippen molar-refractivity contribution in [3.05, 3.63) is 41.7 Å². The lowest BCUT2D eigenvalue weighted by Crippen LogP contribution is -2.22. The Hall–Kier alpha value is -1.75. The smallest absolute Gasteiger partial charge is 0.306 e. The Balaban J connectivity index is 1.95. The highest BCUT2D eigenvalue weighted by Gasteiger charge is 2.27. The molecular formula is C15H16N2O2S. The van der Waals surface area contributed by atoms with Gasteiger partial charge in [0.1, 0.15) is 0 Å². The minimum atomic E-state index is -0.701. The summed E-state index contributed by atoms with van der Waals surface area (Å²) in [5.41, 5.74) is 3.27. The van der Waals surface area contributed by atoms with E-state index in [2.05, 4.69) is 23.5 Å². The second-order valence-electron chi connectivity index (χ2n) is 5.01. The Kier molecular flexibility index (Phi) is 3.53. The van der Waals surface area contributed by atoms with Crippen LogP contribution in [0.15, 0.2) is 35.4 Å². The minimum Gasteiger partial charge on any atom is -0.481 e. The first-order valence-electron chi connectivity index (χ1n) is 6.62. The van der Waals surface area contributed by atoms with Crippen molar-refractivity contribution in [3.8, 4) is 5.69 Å². The fraction of sp³-hybridized carbons (Fsp3) is 0.333. The molecule has 1 aromatic carbocycles. The topological polar surface area (TPSA) is 55.1 Å². The van der Waals surface area contributed by atoms with Gasteiger partial charge in [-0.25, -0.2) is 4.68 Å². The Bertz CT molecular complexity index is 651. The van der Waals surface area contributed by atoms with Gasteiger partial charge in [0.2, 0.25) is 0 Å². The van der Waals surface area contributed by atoms with Crippen LogP contribution in [0.4, 0.5) is 0 Å². The predicted molar refractivity (Wildman–Crippen MR) is 78.5 cm³/mol. The van der Waals surface area contributed by atoms with E-state index in [0.717, 1.165) is 23.4 Å². The summed E-state index contributed by atoms with van der Waals surface area (Å²) in [6, 6.07) is 8.25. The van der Waals surface area contributed by atoms with Gasteiger partial charge in [0.05, 0.1) is 17.8 Å². The third-order valence-electron chi connectivity index (χ3n) is 3.80. The first kappa shape index (κ1) is 13.2. The van der Waals surface area contributed by atoms with Gasteiger partial charge in [0, 0.05) is 10.6 Å². The number of hydrogen-bond acceptors (Lipinski definition) is 3. The summed E-state index contributed by atoms with van der Waals surface area (Å²) in [6.07, 6.45) is 5.92. The van der Waals surface area contributed by atoms with E-state index in [1.165, 1.54) is 4.90 Å². The molecule has 0 fully saturated rings. The molecule has 0 radical (unpaired) electrons. The number of fused-ring (bicyclic) bond motifs is 1. The van der Waals surface area contributed by atoms with Crippen LogP contribution in [-0.4, -0.2) is 27.1 Å². The van der Waals surface area contributed by atoms with Gasteiger partial charge in [0.25, 0.3) is 0 Å². The number of nitrogens with zero attached hydrogens (tertiary/aromatic N) is 2. The summed E-state index contributed by atoms with van der Waals surface area (Å²) in [5.74, 6) is -0.967. The summed E-state index contributed by atoms with van der Waals surface area (Å²) in [5, 5.41) is 13.6. The van der Waals surface area contributed by atoms with Crippen molar-refractivity contribution in [1.29, 1.82) is 0 Å². The van der Waals surface area contributed by atoms with Gasteiger partial charge in [-0.05, 0) is 49.3 Å². The number of aliphatic carboxylic acids is 1. The molecule has 1 aliphatic rings. The molecule has 20 heavy (non-hydrogen) atoms. The largest absolute Gasteiger partial charge is 0.481 e. The van der Waals surface area contributed by atoms with E-state index < -0.39 is 5.97 Å². The summed E-state index contributed by atoms with van der Waals surface area (Å²) in [4.78, 5) is 12.3. The van der Waals surface area contributed by atoms with Crippen molar-refractivity contribution < 1.29 is 9.90 Å². The fourth-order valence-corrected chi connectivity index (χ4v) is 3.15. The first-order valence-corrected chi connectivity index (χ1v) is 7.84. The Labute approximate surface area is 121 Å². The van der Waals surface area contributed by atoms with Crippen LogP contribution in [0.1, 0.15) is 17.7 Å². The molecule has 0 spiro atoms. The number of carboxylic acid groups (broad SMARTS) is 1. The van der Waals surface area contributed by atoms with Gasteiger partial charge in [-0.3, -0.25) is 4.79 Å². The lowest BCUT2D eigenvalue weighted by molar-refractivity contribution is -0.142. The lowest BCUT2D eigenvalue weighted by atomic mass is 9.88. The highest BCUT2D eigenvalue weighted by atomic mass is 32.2. The second kappa shape index (κ2) is 5.32. The summed E-state index contributed by atoms with van der Waals surface area (Å²) in [7, 11) is 0. The lowest BCUT2D eigenvalue weighted by Gasteiger charge is -2.19. The van der Waals surface area contributed by atoms with Gasteiger partial charge in [-0.15, -0.1) is 11.8 Å². The van der Waals surface area contributed by atoms with E-state index >= 15 is 0 Å². The van der Waals surface area contributed by atoms with Gasteiger partial charge in [-0.1, -0.05) is 6.07 Å². The number of thioether (sulfide) groups is 1. The molecule has 3 rings (SSSR count). The average Bonchev–Trinajstić information content (AvgIpc) is 2.90. The molecule has 0 bridgehead atoms. The van der Waals surface area contributed by atoms with Gasteiger partial charge in [0.15, 0.2) is 0 Å². The van der Waals surface area contributed by atoms with Crippen LogP contribution in [0.2, 0.25) is 0 Å². The van der Waals surface area contributed by atoms with Crippen LogP contribution >= 0.6 is 11.8 Å². The number of rotatable bonds is 3. The van der Waals surface area contributed by atoms with Crippen LogP contribution in [0, 0.1) is 5.92 Å². The molecule has 0 aliphatic heterocycles. The maximum absolute atomic E-state index is 11.1. The quantitative estimate of drug-likeness (QED) is 0.882. The molecule has 104 valence electrons. The van der Waals surface area contributed by atoms with Crippen molar-refractivity contribution >= 4 is 17.7 Å². The van der Waals surface area contributed by atoms with E-state index in [-0.39, 0.29) is 5.92 Å². The first-order chi connectivity index (χ1) is 9.69. The number of hydrogen-bond donors (Lipinski definition) is 1. The molecule has 0 saturated carbocycles. The molecule has 4 nitrogen and oxygen atoms in total. The molecule has 1 atom stereocenters. The fourth-order valence-electron chi connectivity index (χ4n) is 2.70. The Morgan fingerprint density at radius 1 is 1.50 bits per heavy atom. The van der Waals surface area contributed by atoms with Gasteiger partial charge >= 0.3 is 5.97 Å². The minimum absolute atomic E-state index is 0.266. The highest BCUT2D eigenvalue weighted by molar-refractivity contribution is 7.98. The number of aromatic nitrogens is 2. The third kappa shape index (κ3) is 2.33. The molecule has 0 amide bonds. The van der Waals surface area contributed by atoms with Gasteiger partial charge < -0.3 is 5.11 Å². The molecule has 0 saturated heterocycles. The molecule has 1 heterocycles. The Morgan fingerprint density at radius 3 is 3.10 bits per heavy atom. The standard InChI is InChI=1S/C15H16N2O2S/c1-20-13-4-2-3-12(8-13)17-14-6-5-10(15(18)19)7-11(14)9-16-17/h2-4,8-10H,5-7H2,1H3,(H,18,19). The molecule has 1 N–H and O–H groups in total. The SMILES string of the molecule is CSc1cccc(-n2ncc3c2CCC(C(=O)O)C3)c1. The third-order valence-corrected chi connectivity index (χ3v) is 4.52. The number of carbonyl (C=O) groups is 1. The molecule has 1 aromatic heterocycles. The monoisotopic (exact) mass is 288 g/mol. The summed E-state index contributed by atoms with van der Waals surface area (Å²) < 4.78 is 1.95. The van der Waals surface area contributed by atoms with Crippen molar-refractivity contribution in [3.63, 3.8) is 0 Å². The predicted octanol–water partition coefficient (Wildman–Crippen LogP) is 2.78. The van der Waals surface area contributed by atoms with E-state index in [4.69, 9.17) is 5.11 Å². The van der Waals surface area contributed by atoms with Crippen LogP contribution in [0.25, 0.3) is 5.69 Å². The summed E-state index contributed by atoms with van der Waals surface area (Å²) >= 11 is 1.70. The molecular weight excluding hydrogens is 272 g/mol. The average molecular weight is 288 g/mol. The molecule has 5 heteroatoms. The van der Waals surface area contributed by atoms with E-state index in [1.807, 2.05) is 23.0 Å². The van der Waals surface area contributed by atoms with Crippen LogP contribution in [0.5, 0.6) is 0 Å². The molecule has 2 aromatic rings. The van der Waals surface area contributed by atoms with Crippen molar-refractivity contribution in [2.24, 2.45) is 5.92 Å². The van der Waals surface area contributed by atoms with Crippen molar-refractivity contribution in [1.82, 2.24) is 9.78 Å². The zero-order valence-corrected chi connectivity index (χ0v) is 12.1. The number of benzene rings is 1. The summed E-state index contributed by atoms with van der Waals surface area (Å²) in [6.45, 7) is 0. The normalized spacial score (nSPS) is 17.8. The van der Waals surface area contributed by atoms with Crippen LogP contribution < -0.4 is 0 Å². The number of carboxylic acids is 1. The van der Waals surface area contributed by atoms with Crippen LogP contribution in [-0.2, 0) is 17.6 Å². The molecule has 1 aliphatic carbocycles. The maximum atomic E-state index is 11.1. The zero-order valence-electron chi connectivity index (χ0n) is 11.2. The van der Waals surface area contributed by atoms with Crippen molar-refractivity contribution in [2.75, 3.05) is 6.26 Å². The highest BCUT2D eigenvalue weighted by Crippen LogP contribution is 2.28. The Morgan fingerprint density at radius 2 is 2.35 bits per heavy atom. The maximum Gasteiger partial charge on any atom is 0.306 e. The van der Waals surface area contributed by atoms with E-state index in [1.54, 1.807) is 11.8 Å². The van der Waals surface area contributed by atoms with E-state index in [0.29, 0.717) is 12.8 Å². The van der Waals surface area contributed by atoms with Gasteiger partial charge in [-0.2, -0.15) is 5.10 Å². The second-order valence-corrected chi connectivity index (χ2v) is 5.89. The van der Waals surface area contributed by atoms with Crippen LogP contribution in [0.3, 0.4) is 0 Å². The van der Waals surface area contributed by atoms with E-state index in [9.17, 15) is 4.79 Å². The van der Waals surface area contributed by atoms with Crippen molar-refractivity contribution in [2.45, 2.75) is 24.2 Å². The zero-order chi connectivity index (χ0) is 14.1.